The average molecular weight is 276 g/mol. The Morgan fingerprint density at radius 3 is 2.85 bits per heavy atom. The van der Waals surface area contributed by atoms with Gasteiger partial charge in [-0.1, -0.05) is 30.7 Å². The zero-order valence-corrected chi connectivity index (χ0v) is 13.0. The molecule has 1 aliphatic rings. The van der Waals surface area contributed by atoms with Crippen LogP contribution in [0.4, 0.5) is 0 Å². The lowest BCUT2D eigenvalue weighted by molar-refractivity contribution is 0.143. The zero-order valence-electron chi connectivity index (χ0n) is 13.0. The van der Waals surface area contributed by atoms with Gasteiger partial charge in [0.2, 0.25) is 0 Å². The molecule has 1 saturated heterocycles. The number of likely N-dealkylation sites (tertiary alicyclic amines) is 1. The first-order valence-electron chi connectivity index (χ1n) is 7.72. The first-order valence-corrected chi connectivity index (χ1v) is 7.72. The van der Waals surface area contributed by atoms with E-state index in [1.807, 2.05) is 0 Å². The van der Waals surface area contributed by atoms with E-state index >= 15 is 0 Å². The number of ether oxygens (including phenoxy) is 1. The predicted octanol–water partition coefficient (Wildman–Crippen LogP) is 3.10. The summed E-state index contributed by atoms with van der Waals surface area (Å²) in [7, 11) is 1.74. The van der Waals surface area contributed by atoms with Gasteiger partial charge in [-0.25, -0.2) is 0 Å². The molecule has 112 valence electrons. The number of hydrogen-bond donors (Lipinski definition) is 1. The largest absolute Gasteiger partial charge is 0.380 e. The average Bonchev–Trinajstić information content (AvgIpc) is 2.61. The van der Waals surface area contributed by atoms with Gasteiger partial charge in [-0.2, -0.15) is 0 Å². The summed E-state index contributed by atoms with van der Waals surface area (Å²) in [5.74, 6) is 0. The third-order valence-electron chi connectivity index (χ3n) is 4.23. The van der Waals surface area contributed by atoms with Crippen molar-refractivity contribution in [1.82, 2.24) is 4.90 Å². The van der Waals surface area contributed by atoms with Gasteiger partial charge in [-0.3, -0.25) is 4.90 Å². The highest BCUT2D eigenvalue weighted by Gasteiger charge is 2.30. The van der Waals surface area contributed by atoms with Crippen LogP contribution in [0.5, 0.6) is 0 Å². The van der Waals surface area contributed by atoms with Crippen molar-refractivity contribution in [2.75, 3.05) is 13.7 Å². The summed E-state index contributed by atoms with van der Waals surface area (Å²) in [6, 6.07) is 9.79. The summed E-state index contributed by atoms with van der Waals surface area (Å²) in [6.45, 7) is 6.34. The summed E-state index contributed by atoms with van der Waals surface area (Å²) in [4.78, 5) is 2.56. The van der Waals surface area contributed by atoms with Crippen LogP contribution in [0.1, 0.15) is 50.3 Å². The molecular formula is C17H28N2O. The van der Waals surface area contributed by atoms with Crippen molar-refractivity contribution < 1.29 is 4.74 Å². The van der Waals surface area contributed by atoms with E-state index in [2.05, 4.69) is 43.0 Å². The molecule has 2 atom stereocenters. The molecule has 1 aliphatic heterocycles. The smallest absolute Gasteiger partial charge is 0.0713 e. The maximum atomic E-state index is 6.49. The molecule has 3 heteroatoms. The first kappa shape index (κ1) is 15.5. The fourth-order valence-electron chi connectivity index (χ4n) is 3.27. The summed E-state index contributed by atoms with van der Waals surface area (Å²) >= 11 is 0. The molecule has 0 bridgehead atoms. The van der Waals surface area contributed by atoms with E-state index in [0.29, 0.717) is 18.7 Å². The Kier molecular flexibility index (Phi) is 5.58. The van der Waals surface area contributed by atoms with Gasteiger partial charge in [0, 0.05) is 19.2 Å². The Hall–Kier alpha value is -0.900. The fourth-order valence-corrected chi connectivity index (χ4v) is 3.27. The predicted molar refractivity (Wildman–Crippen MR) is 83.6 cm³/mol. The van der Waals surface area contributed by atoms with Crippen LogP contribution in [0.2, 0.25) is 0 Å². The third kappa shape index (κ3) is 3.60. The van der Waals surface area contributed by atoms with Gasteiger partial charge in [0.15, 0.2) is 0 Å². The molecule has 2 rings (SSSR count). The van der Waals surface area contributed by atoms with Crippen molar-refractivity contribution in [3.8, 4) is 0 Å². The first-order chi connectivity index (χ1) is 9.63. The second-order valence-corrected chi connectivity index (χ2v) is 6.11. The monoisotopic (exact) mass is 276 g/mol. The molecule has 0 saturated carbocycles. The molecule has 20 heavy (non-hydrogen) atoms. The van der Waals surface area contributed by atoms with E-state index < -0.39 is 0 Å². The Bertz CT molecular complexity index is 419. The van der Waals surface area contributed by atoms with Crippen LogP contribution < -0.4 is 5.73 Å². The molecule has 0 radical (unpaired) electrons. The number of methoxy groups -OCH3 is 1. The maximum absolute atomic E-state index is 6.49. The second-order valence-electron chi connectivity index (χ2n) is 6.11. The molecule has 0 aromatic heterocycles. The van der Waals surface area contributed by atoms with Crippen molar-refractivity contribution in [2.24, 2.45) is 5.73 Å². The van der Waals surface area contributed by atoms with E-state index in [-0.39, 0.29) is 6.04 Å². The van der Waals surface area contributed by atoms with Gasteiger partial charge < -0.3 is 10.5 Å². The minimum atomic E-state index is 0.220. The molecule has 0 aliphatic carbocycles. The van der Waals surface area contributed by atoms with E-state index in [1.165, 1.54) is 24.0 Å². The Balaban J connectivity index is 2.31. The topological polar surface area (TPSA) is 38.5 Å². The van der Waals surface area contributed by atoms with E-state index in [0.717, 1.165) is 13.0 Å². The lowest BCUT2D eigenvalue weighted by atomic mass is 9.94. The van der Waals surface area contributed by atoms with Gasteiger partial charge in [-0.15, -0.1) is 0 Å². The maximum Gasteiger partial charge on any atom is 0.0713 e. The number of nitrogens with two attached hydrogens (primary N) is 1. The molecule has 1 aromatic carbocycles. The van der Waals surface area contributed by atoms with Crippen LogP contribution in [0.3, 0.4) is 0 Å². The number of rotatable bonds is 4. The van der Waals surface area contributed by atoms with Crippen molar-refractivity contribution in [3.05, 3.63) is 35.4 Å². The van der Waals surface area contributed by atoms with Crippen molar-refractivity contribution in [3.63, 3.8) is 0 Å². The van der Waals surface area contributed by atoms with Gasteiger partial charge in [0.25, 0.3) is 0 Å². The summed E-state index contributed by atoms with van der Waals surface area (Å²) in [6.07, 6.45) is 3.60. The summed E-state index contributed by atoms with van der Waals surface area (Å²) in [5, 5.41) is 0. The molecule has 1 heterocycles. The minimum absolute atomic E-state index is 0.220. The minimum Gasteiger partial charge on any atom is -0.380 e. The fraction of sp³-hybridized carbons (Fsp3) is 0.647. The van der Waals surface area contributed by atoms with Crippen LogP contribution >= 0.6 is 0 Å². The molecule has 1 fully saturated rings. The normalized spacial score (nSPS) is 24.9. The van der Waals surface area contributed by atoms with Crippen LogP contribution in [0.25, 0.3) is 0 Å². The Morgan fingerprint density at radius 1 is 1.35 bits per heavy atom. The molecule has 0 amide bonds. The molecule has 3 nitrogen and oxygen atoms in total. The van der Waals surface area contributed by atoms with Crippen molar-refractivity contribution in [2.45, 2.75) is 57.8 Å². The Morgan fingerprint density at radius 2 is 2.15 bits per heavy atom. The highest BCUT2D eigenvalue weighted by Crippen LogP contribution is 2.31. The molecule has 1 aromatic rings. The third-order valence-corrected chi connectivity index (χ3v) is 4.23. The lowest BCUT2D eigenvalue weighted by Crippen LogP contribution is -2.43. The highest BCUT2D eigenvalue weighted by atomic mass is 16.5. The summed E-state index contributed by atoms with van der Waals surface area (Å²) < 4.78 is 5.25. The molecule has 2 N–H and O–H groups in total. The van der Waals surface area contributed by atoms with Crippen LogP contribution in [-0.2, 0) is 11.3 Å². The number of hydrogen-bond acceptors (Lipinski definition) is 3. The van der Waals surface area contributed by atoms with Gasteiger partial charge in [0.1, 0.15) is 0 Å². The zero-order chi connectivity index (χ0) is 14.5. The van der Waals surface area contributed by atoms with Gasteiger partial charge in [-0.05, 0) is 44.4 Å². The molecular weight excluding hydrogens is 248 g/mol. The highest BCUT2D eigenvalue weighted by molar-refractivity contribution is 5.27. The molecule has 2 unspecified atom stereocenters. The van der Waals surface area contributed by atoms with E-state index in [1.54, 1.807) is 7.11 Å². The Labute approximate surface area is 123 Å². The van der Waals surface area contributed by atoms with Crippen molar-refractivity contribution >= 4 is 0 Å². The van der Waals surface area contributed by atoms with Crippen molar-refractivity contribution in [1.29, 1.82) is 0 Å². The quantitative estimate of drug-likeness (QED) is 0.918. The lowest BCUT2D eigenvalue weighted by Gasteiger charge is -2.37. The second kappa shape index (κ2) is 7.21. The number of nitrogens with zero attached hydrogens (tertiary/aromatic N) is 1. The van der Waals surface area contributed by atoms with Crippen LogP contribution in [0, 0.1) is 0 Å². The summed E-state index contributed by atoms with van der Waals surface area (Å²) in [5.41, 5.74) is 9.05. The number of benzene rings is 1. The van der Waals surface area contributed by atoms with Gasteiger partial charge in [0.05, 0.1) is 12.6 Å². The van der Waals surface area contributed by atoms with E-state index in [9.17, 15) is 0 Å². The van der Waals surface area contributed by atoms with Crippen LogP contribution in [0.15, 0.2) is 24.3 Å². The standard InChI is InChI=1S/C17H28N2O/c1-13(2)19-10-5-4-9-16(18)17(19)15-8-6-7-14(11-15)12-20-3/h6-8,11,13,16-17H,4-5,9-10,12,18H2,1-3H3. The molecule has 0 spiro atoms. The van der Waals surface area contributed by atoms with E-state index in [4.69, 9.17) is 10.5 Å². The van der Waals surface area contributed by atoms with Crippen LogP contribution in [-0.4, -0.2) is 30.6 Å². The SMILES string of the molecule is COCc1cccc(C2C(N)CCCCN2C(C)C)c1. The van der Waals surface area contributed by atoms with Gasteiger partial charge >= 0.3 is 0 Å².